The summed E-state index contributed by atoms with van der Waals surface area (Å²) in [6.07, 6.45) is 4.36. The quantitative estimate of drug-likeness (QED) is 0.723. The van der Waals surface area contributed by atoms with Gasteiger partial charge in [-0.2, -0.15) is 5.26 Å². The lowest BCUT2D eigenvalue weighted by atomic mass is 9.83. The van der Waals surface area contributed by atoms with E-state index in [1.165, 1.54) is 11.3 Å². The van der Waals surface area contributed by atoms with Crippen LogP contribution in [-0.2, 0) is 6.42 Å². The monoisotopic (exact) mass is 205 g/mol. The van der Waals surface area contributed by atoms with Gasteiger partial charge in [0.05, 0.1) is 11.5 Å². The lowest BCUT2D eigenvalue weighted by molar-refractivity contribution is 0.394. The topological polar surface area (TPSA) is 23.8 Å². The van der Waals surface area contributed by atoms with Crippen molar-refractivity contribution in [3.63, 3.8) is 0 Å². The van der Waals surface area contributed by atoms with Crippen molar-refractivity contribution in [1.82, 2.24) is 0 Å². The van der Waals surface area contributed by atoms with Crippen molar-refractivity contribution in [3.8, 4) is 6.07 Å². The molecule has 2 atom stereocenters. The first-order chi connectivity index (χ1) is 6.74. The van der Waals surface area contributed by atoms with Gasteiger partial charge in [0.25, 0.3) is 0 Å². The van der Waals surface area contributed by atoms with Gasteiger partial charge in [0, 0.05) is 11.3 Å². The highest BCUT2D eigenvalue weighted by Crippen LogP contribution is 2.44. The molecule has 0 aliphatic heterocycles. The van der Waals surface area contributed by atoms with Crippen LogP contribution in [0.2, 0.25) is 0 Å². The highest BCUT2D eigenvalue weighted by atomic mass is 32.1. The highest BCUT2D eigenvalue weighted by molar-refractivity contribution is 7.09. The molecule has 1 nitrogen and oxygen atoms in total. The Labute approximate surface area is 89.4 Å². The van der Waals surface area contributed by atoms with Crippen molar-refractivity contribution in [2.24, 2.45) is 11.3 Å². The van der Waals surface area contributed by atoms with Crippen LogP contribution >= 0.6 is 11.3 Å². The molecular weight excluding hydrogens is 190 g/mol. The molecule has 0 saturated heterocycles. The van der Waals surface area contributed by atoms with Gasteiger partial charge in [-0.3, -0.25) is 0 Å². The van der Waals surface area contributed by atoms with Gasteiger partial charge in [-0.15, -0.1) is 11.3 Å². The number of nitrogens with zero attached hydrogens (tertiary/aromatic N) is 1. The van der Waals surface area contributed by atoms with Gasteiger partial charge in [0.15, 0.2) is 0 Å². The van der Waals surface area contributed by atoms with Crippen LogP contribution < -0.4 is 0 Å². The summed E-state index contributed by atoms with van der Waals surface area (Å²) >= 11 is 1.77. The summed E-state index contributed by atoms with van der Waals surface area (Å²) < 4.78 is 0. The van der Waals surface area contributed by atoms with E-state index >= 15 is 0 Å². The summed E-state index contributed by atoms with van der Waals surface area (Å²) in [4.78, 5) is 1.36. The molecule has 1 heterocycles. The van der Waals surface area contributed by atoms with E-state index in [0.29, 0.717) is 0 Å². The van der Waals surface area contributed by atoms with Crippen LogP contribution in [-0.4, -0.2) is 0 Å². The van der Waals surface area contributed by atoms with E-state index in [9.17, 15) is 5.26 Å². The Bertz CT molecular complexity index is 336. The van der Waals surface area contributed by atoms with Gasteiger partial charge in [0.1, 0.15) is 0 Å². The summed E-state index contributed by atoms with van der Waals surface area (Å²) in [5.41, 5.74) is -0.0513. The van der Waals surface area contributed by atoms with Crippen LogP contribution in [0.15, 0.2) is 17.5 Å². The predicted molar refractivity (Wildman–Crippen MR) is 59.1 cm³/mol. The van der Waals surface area contributed by atoms with E-state index in [1.807, 2.05) is 0 Å². The molecule has 0 N–H and O–H groups in total. The molecule has 74 valence electrons. The van der Waals surface area contributed by atoms with Gasteiger partial charge in [-0.25, -0.2) is 0 Å². The summed E-state index contributed by atoms with van der Waals surface area (Å²) in [6, 6.07) is 6.77. The molecule has 2 unspecified atom stereocenters. The first-order valence-electron chi connectivity index (χ1n) is 5.18. The molecule has 1 aliphatic rings. The predicted octanol–water partition coefficient (Wildman–Crippen LogP) is 3.62. The number of hydrogen-bond acceptors (Lipinski definition) is 2. The van der Waals surface area contributed by atoms with Crippen molar-refractivity contribution < 1.29 is 0 Å². The minimum atomic E-state index is -0.0513. The molecular formula is C12H15NS. The van der Waals surface area contributed by atoms with E-state index in [2.05, 4.69) is 30.5 Å². The smallest absolute Gasteiger partial charge is 0.0693 e. The largest absolute Gasteiger partial charge is 0.198 e. The van der Waals surface area contributed by atoms with E-state index in [1.54, 1.807) is 11.3 Å². The van der Waals surface area contributed by atoms with Gasteiger partial charge in [0.2, 0.25) is 0 Å². The molecule has 0 spiro atoms. The van der Waals surface area contributed by atoms with E-state index in [0.717, 1.165) is 25.2 Å². The Hall–Kier alpha value is -0.810. The molecule has 1 saturated carbocycles. The standard InChI is InChI=1S/C12H15NS/c1-10-4-5-12(7-10,9-13)8-11-3-2-6-14-11/h2-3,6,10H,4-5,7-8H2,1H3. The van der Waals surface area contributed by atoms with Crippen LogP contribution in [0.25, 0.3) is 0 Å². The van der Waals surface area contributed by atoms with E-state index in [4.69, 9.17) is 0 Å². The Morgan fingerprint density at radius 1 is 1.71 bits per heavy atom. The molecule has 0 radical (unpaired) electrons. The first kappa shape index (κ1) is 9.73. The Balaban J connectivity index is 2.12. The van der Waals surface area contributed by atoms with E-state index in [-0.39, 0.29) is 5.41 Å². The first-order valence-corrected chi connectivity index (χ1v) is 6.06. The molecule has 0 bridgehead atoms. The summed E-state index contributed by atoms with van der Waals surface area (Å²) in [5.74, 6) is 0.731. The third-order valence-electron chi connectivity index (χ3n) is 3.18. The SMILES string of the molecule is CC1CCC(C#N)(Cc2cccs2)C1. The Kier molecular flexibility index (Phi) is 2.60. The maximum atomic E-state index is 9.29. The third kappa shape index (κ3) is 1.83. The zero-order valence-electron chi connectivity index (χ0n) is 8.49. The average Bonchev–Trinajstić information content (AvgIpc) is 2.77. The minimum absolute atomic E-state index is 0.0513. The second-order valence-electron chi connectivity index (χ2n) is 4.50. The maximum absolute atomic E-state index is 9.29. The zero-order chi connectivity index (χ0) is 10.0. The number of rotatable bonds is 2. The molecule has 1 aliphatic carbocycles. The molecule has 0 amide bonds. The van der Waals surface area contributed by atoms with Crippen molar-refractivity contribution in [2.45, 2.75) is 32.6 Å². The Morgan fingerprint density at radius 3 is 3.07 bits per heavy atom. The van der Waals surface area contributed by atoms with Crippen LogP contribution in [0.4, 0.5) is 0 Å². The zero-order valence-corrected chi connectivity index (χ0v) is 9.31. The fourth-order valence-corrected chi connectivity index (χ4v) is 3.29. The minimum Gasteiger partial charge on any atom is -0.198 e. The fraction of sp³-hybridized carbons (Fsp3) is 0.583. The number of hydrogen-bond donors (Lipinski definition) is 0. The number of nitriles is 1. The highest BCUT2D eigenvalue weighted by Gasteiger charge is 2.37. The van der Waals surface area contributed by atoms with Crippen molar-refractivity contribution >= 4 is 11.3 Å². The van der Waals surface area contributed by atoms with Crippen molar-refractivity contribution in [2.75, 3.05) is 0 Å². The van der Waals surface area contributed by atoms with E-state index < -0.39 is 0 Å². The van der Waals surface area contributed by atoms with Gasteiger partial charge in [-0.05, 0) is 36.6 Å². The molecule has 1 aromatic rings. The molecule has 1 fully saturated rings. The maximum Gasteiger partial charge on any atom is 0.0693 e. The lowest BCUT2D eigenvalue weighted by Gasteiger charge is -2.19. The van der Waals surface area contributed by atoms with Crippen molar-refractivity contribution in [1.29, 1.82) is 5.26 Å². The Morgan fingerprint density at radius 2 is 2.57 bits per heavy atom. The third-order valence-corrected chi connectivity index (χ3v) is 4.06. The van der Waals surface area contributed by atoms with Crippen molar-refractivity contribution in [3.05, 3.63) is 22.4 Å². The fourth-order valence-electron chi connectivity index (χ4n) is 2.44. The second-order valence-corrected chi connectivity index (χ2v) is 5.53. The van der Waals surface area contributed by atoms with Gasteiger partial charge in [-0.1, -0.05) is 13.0 Å². The second kappa shape index (κ2) is 3.74. The number of thiophene rings is 1. The van der Waals surface area contributed by atoms with Crippen LogP contribution in [0.3, 0.4) is 0 Å². The molecule has 14 heavy (non-hydrogen) atoms. The molecule has 2 heteroatoms. The summed E-state index contributed by atoms with van der Waals surface area (Å²) in [5, 5.41) is 11.4. The molecule has 1 aromatic heterocycles. The summed E-state index contributed by atoms with van der Waals surface area (Å²) in [7, 11) is 0. The normalized spacial score (nSPS) is 31.6. The van der Waals surface area contributed by atoms with Gasteiger partial charge < -0.3 is 0 Å². The lowest BCUT2D eigenvalue weighted by Crippen LogP contribution is -2.16. The molecule has 2 rings (SSSR count). The van der Waals surface area contributed by atoms with Gasteiger partial charge >= 0.3 is 0 Å². The summed E-state index contributed by atoms with van der Waals surface area (Å²) in [6.45, 7) is 2.26. The average molecular weight is 205 g/mol. The molecule has 0 aromatic carbocycles. The van der Waals surface area contributed by atoms with Crippen LogP contribution in [0.1, 0.15) is 31.1 Å². The van der Waals surface area contributed by atoms with Crippen LogP contribution in [0.5, 0.6) is 0 Å². The van der Waals surface area contributed by atoms with Crippen LogP contribution in [0, 0.1) is 22.7 Å².